The number of rotatable bonds is 10. The minimum atomic E-state index is -2.59. The van der Waals surface area contributed by atoms with Crippen molar-refractivity contribution in [1.29, 1.82) is 0 Å². The van der Waals surface area contributed by atoms with Gasteiger partial charge in [-0.3, -0.25) is 5.01 Å². The molecule has 0 bridgehead atoms. The van der Waals surface area contributed by atoms with E-state index < -0.39 is 6.43 Å². The molecule has 1 fully saturated rings. The van der Waals surface area contributed by atoms with E-state index in [2.05, 4.69) is 11.8 Å². The van der Waals surface area contributed by atoms with Gasteiger partial charge in [0.1, 0.15) is 12.4 Å². The summed E-state index contributed by atoms with van der Waals surface area (Å²) >= 11 is 0. The van der Waals surface area contributed by atoms with Crippen molar-refractivity contribution in [2.75, 3.05) is 12.1 Å². The Morgan fingerprint density at radius 2 is 1.94 bits per heavy atom. The van der Waals surface area contributed by atoms with Crippen molar-refractivity contribution in [3.63, 3.8) is 0 Å². The minimum absolute atomic E-state index is 0.0480. The molecule has 2 aromatic carbocycles. The van der Waals surface area contributed by atoms with Gasteiger partial charge >= 0.3 is 0 Å². The average Bonchev–Trinajstić information content (AvgIpc) is 3.57. The zero-order chi connectivity index (χ0) is 22.5. The third kappa shape index (κ3) is 5.61. The average molecular weight is 429 g/mol. The monoisotopic (exact) mass is 428 g/mol. The molecule has 3 rings (SSSR count). The molecule has 5 nitrogen and oxygen atoms in total. The third-order valence-electron chi connectivity index (χ3n) is 5.45. The number of hydrazone groups is 1. The van der Waals surface area contributed by atoms with Gasteiger partial charge in [0.2, 0.25) is 0 Å². The van der Waals surface area contributed by atoms with Crippen molar-refractivity contribution in [3.05, 3.63) is 70.4 Å². The molecule has 1 aliphatic carbocycles. The highest BCUT2D eigenvalue weighted by atomic mass is 19.3. The van der Waals surface area contributed by atoms with E-state index in [1.807, 2.05) is 50.2 Å². The van der Waals surface area contributed by atoms with Gasteiger partial charge in [-0.1, -0.05) is 30.3 Å². The van der Waals surface area contributed by atoms with E-state index in [0.29, 0.717) is 13.0 Å². The molecule has 0 radical (unpaired) electrons. The van der Waals surface area contributed by atoms with Crippen molar-refractivity contribution in [2.45, 2.75) is 52.2 Å². The van der Waals surface area contributed by atoms with Crippen LogP contribution in [0.25, 0.3) is 0 Å². The van der Waals surface area contributed by atoms with Crippen molar-refractivity contribution < 1.29 is 13.5 Å². The predicted octanol–water partition coefficient (Wildman–Crippen LogP) is 4.96. The van der Waals surface area contributed by atoms with Crippen LogP contribution in [0.5, 0.6) is 5.75 Å². The fourth-order valence-electron chi connectivity index (χ4n) is 3.58. The van der Waals surface area contributed by atoms with Crippen LogP contribution in [0.3, 0.4) is 0 Å². The van der Waals surface area contributed by atoms with Crippen LogP contribution in [0.4, 0.5) is 14.5 Å². The first-order valence-electron chi connectivity index (χ1n) is 10.3. The van der Waals surface area contributed by atoms with Crippen LogP contribution >= 0.6 is 0 Å². The second kappa shape index (κ2) is 9.92. The Morgan fingerprint density at radius 1 is 1.23 bits per heavy atom. The van der Waals surface area contributed by atoms with Crippen LogP contribution in [-0.2, 0) is 13.0 Å². The van der Waals surface area contributed by atoms with E-state index in [0.717, 1.165) is 46.5 Å². The number of alkyl halides is 2. The summed E-state index contributed by atoms with van der Waals surface area (Å²) in [5.74, 6) is 6.66. The summed E-state index contributed by atoms with van der Waals surface area (Å²) < 4.78 is 33.2. The quantitative estimate of drug-likeness (QED) is 0.330. The van der Waals surface area contributed by atoms with Gasteiger partial charge in [-0.15, -0.1) is 0 Å². The van der Waals surface area contributed by atoms with Crippen LogP contribution < -0.4 is 15.6 Å². The first-order valence-corrected chi connectivity index (χ1v) is 10.3. The smallest absolute Gasteiger partial charge is 0.279 e. The first kappa shape index (κ1) is 22.7. The summed E-state index contributed by atoms with van der Waals surface area (Å²) in [6.45, 7) is 7.76. The largest absolute Gasteiger partial charge is 0.489 e. The number of aryl methyl sites for hydroxylation is 2. The number of anilines is 1. The summed E-state index contributed by atoms with van der Waals surface area (Å²) in [5, 5.41) is 6.75. The molecule has 2 aromatic rings. The van der Waals surface area contributed by atoms with E-state index in [1.54, 1.807) is 18.1 Å². The molecule has 0 atom stereocenters. The molecule has 0 spiro atoms. The Labute approximate surface area is 182 Å². The number of para-hydroxylation sites is 1. The highest BCUT2D eigenvalue weighted by Crippen LogP contribution is 2.33. The van der Waals surface area contributed by atoms with E-state index in [-0.39, 0.29) is 11.7 Å². The summed E-state index contributed by atoms with van der Waals surface area (Å²) in [5.41, 5.74) is 4.72. The number of allylic oxidation sites excluding steroid dienone is 2. The van der Waals surface area contributed by atoms with E-state index in [4.69, 9.17) is 10.6 Å². The van der Waals surface area contributed by atoms with Gasteiger partial charge < -0.3 is 9.75 Å². The van der Waals surface area contributed by atoms with Crippen LogP contribution in [0.15, 0.2) is 53.3 Å². The zero-order valence-corrected chi connectivity index (χ0v) is 18.3. The van der Waals surface area contributed by atoms with E-state index >= 15 is 0 Å². The molecule has 7 heteroatoms. The Hall–Kier alpha value is -2.93. The molecule has 0 heterocycles. The van der Waals surface area contributed by atoms with Crippen LogP contribution in [-0.4, -0.2) is 31.2 Å². The Bertz CT molecular complexity index is 955. The number of nitrogens with two attached hydrogens (primary N) is 1. The molecular weight excluding hydrogens is 398 g/mol. The van der Waals surface area contributed by atoms with Gasteiger partial charge in [0, 0.05) is 19.3 Å². The molecular formula is C24H30F2N4O. The van der Waals surface area contributed by atoms with Crippen molar-refractivity contribution in [2.24, 2.45) is 10.9 Å². The molecule has 2 N–H and O–H groups in total. The number of benzene rings is 2. The molecule has 166 valence electrons. The fraction of sp³-hybridized carbons (Fsp3) is 0.375. The molecule has 31 heavy (non-hydrogen) atoms. The molecule has 0 aromatic heterocycles. The van der Waals surface area contributed by atoms with E-state index in [1.165, 1.54) is 5.01 Å². The summed E-state index contributed by atoms with van der Waals surface area (Å²) in [4.78, 5) is 0. The van der Waals surface area contributed by atoms with Crippen molar-refractivity contribution >= 4 is 12.4 Å². The van der Waals surface area contributed by atoms with Crippen molar-refractivity contribution in [3.8, 4) is 5.75 Å². The van der Waals surface area contributed by atoms with Crippen molar-refractivity contribution in [1.82, 2.24) is 5.01 Å². The molecule has 0 aliphatic heterocycles. The minimum Gasteiger partial charge on any atom is -0.489 e. The lowest BCUT2D eigenvalue weighted by molar-refractivity contribution is 0.137. The molecule has 1 aliphatic rings. The second-order valence-electron chi connectivity index (χ2n) is 7.92. The number of ether oxygens (including phenoxy) is 1. The van der Waals surface area contributed by atoms with Crippen LogP contribution in [0.1, 0.15) is 35.1 Å². The van der Waals surface area contributed by atoms with Gasteiger partial charge in [-0.25, -0.2) is 14.6 Å². The summed E-state index contributed by atoms with van der Waals surface area (Å²) in [7, 11) is 1.79. The highest BCUT2D eigenvalue weighted by Gasteiger charge is 2.33. The lowest BCUT2D eigenvalue weighted by atomic mass is 10.0. The normalized spacial score (nSPS) is 14.0. The number of nitrogens with zero attached hydrogens (tertiary/aromatic N) is 3. The Balaban J connectivity index is 1.75. The molecule has 0 amide bonds. The third-order valence-corrected chi connectivity index (χ3v) is 5.45. The summed E-state index contributed by atoms with van der Waals surface area (Å²) in [6, 6.07) is 11.8. The lowest BCUT2D eigenvalue weighted by Crippen LogP contribution is -2.26. The molecule has 0 saturated heterocycles. The second-order valence-corrected chi connectivity index (χ2v) is 7.92. The number of hydrogen-bond acceptors (Lipinski definition) is 5. The topological polar surface area (TPSA) is 54.1 Å². The molecule has 0 unspecified atom stereocenters. The zero-order valence-electron chi connectivity index (χ0n) is 18.3. The Morgan fingerprint density at radius 3 is 2.55 bits per heavy atom. The van der Waals surface area contributed by atoms with Gasteiger partial charge in [0.05, 0.1) is 17.4 Å². The van der Waals surface area contributed by atoms with E-state index in [9.17, 15) is 8.78 Å². The van der Waals surface area contributed by atoms with Gasteiger partial charge in [-0.2, -0.15) is 5.10 Å². The van der Waals surface area contributed by atoms with Gasteiger partial charge in [0.25, 0.3) is 6.43 Å². The van der Waals surface area contributed by atoms with Gasteiger partial charge in [0.15, 0.2) is 0 Å². The standard InChI is InChI=1S/C24H30F2N4O/c1-16-14-23(31-15-19-7-5-6-8-21(19)29(4)27)17(2)13-18(16)9-12-22(24(25)26)30(28-3)20-10-11-20/h5-8,12-14,20,24H,3,9-11,15,27H2,1-2,4H3/b22-12-. The fourth-order valence-corrected chi connectivity index (χ4v) is 3.58. The number of hydrogen-bond donors (Lipinski definition) is 1. The number of hydrazine groups is 1. The maximum absolute atomic E-state index is 13.6. The van der Waals surface area contributed by atoms with Gasteiger partial charge in [-0.05, 0) is 61.9 Å². The lowest BCUT2D eigenvalue weighted by Gasteiger charge is -2.21. The van der Waals surface area contributed by atoms with Crippen LogP contribution in [0, 0.1) is 13.8 Å². The first-order chi connectivity index (χ1) is 14.8. The maximum Gasteiger partial charge on any atom is 0.279 e. The maximum atomic E-state index is 13.6. The predicted molar refractivity (Wildman–Crippen MR) is 121 cm³/mol. The summed E-state index contributed by atoms with van der Waals surface area (Å²) in [6.07, 6.45) is 1.11. The Kier molecular flexibility index (Phi) is 7.28. The van der Waals surface area contributed by atoms with Crippen LogP contribution in [0.2, 0.25) is 0 Å². The number of halogens is 2. The SMILES string of the molecule is C=NN(/C(=C\Cc1cc(C)c(OCc2ccccc2N(C)N)cc1C)C(F)F)C1CC1. The molecule has 1 saturated carbocycles. The highest BCUT2D eigenvalue weighted by molar-refractivity contribution is 5.52.